The van der Waals surface area contributed by atoms with Gasteiger partial charge in [-0.2, -0.15) is 0 Å². The summed E-state index contributed by atoms with van der Waals surface area (Å²) in [5, 5.41) is 20.5. The maximum Gasteiger partial charge on any atom is 2.00 e. The molecule has 5 heteroatoms. The molecule has 0 aromatic rings. The molecule has 0 rings (SSSR count). The third-order valence-electron chi connectivity index (χ3n) is 9.29. The third-order valence-corrected chi connectivity index (χ3v) is 9.29. The molecule has 0 spiro atoms. The number of carboxylic acid groups (broad SMARTS) is 2. The molecular formula is C44H82O4Sr. The first-order valence-corrected chi connectivity index (χ1v) is 21.2. The van der Waals surface area contributed by atoms with E-state index in [1.807, 2.05) is 0 Å². The van der Waals surface area contributed by atoms with Crippen LogP contribution in [0.5, 0.6) is 0 Å². The Hall–Kier alpha value is -0.0995. The number of rotatable bonds is 38. The van der Waals surface area contributed by atoms with Gasteiger partial charge in [-0.15, -0.1) is 0 Å². The zero-order chi connectivity index (χ0) is 35.4. The number of carbonyl (C=O) groups is 2. The van der Waals surface area contributed by atoms with Gasteiger partial charge in [0, 0.05) is 11.9 Å². The molecule has 0 N–H and O–H groups in total. The van der Waals surface area contributed by atoms with Gasteiger partial charge in [0.25, 0.3) is 0 Å². The zero-order valence-electron chi connectivity index (χ0n) is 33.1. The molecule has 4 nitrogen and oxygen atoms in total. The van der Waals surface area contributed by atoms with Gasteiger partial charge in [0.15, 0.2) is 0 Å². The van der Waals surface area contributed by atoms with Crippen LogP contribution in [0.2, 0.25) is 0 Å². The van der Waals surface area contributed by atoms with Crippen molar-refractivity contribution in [2.75, 3.05) is 0 Å². The van der Waals surface area contributed by atoms with Crippen molar-refractivity contribution in [1.82, 2.24) is 0 Å². The topological polar surface area (TPSA) is 80.3 Å². The molecule has 0 aliphatic carbocycles. The Morgan fingerprint density at radius 3 is 0.714 bits per heavy atom. The Bertz CT molecular complexity index is 632. The average Bonchev–Trinajstić information content (AvgIpc) is 3.07. The summed E-state index contributed by atoms with van der Waals surface area (Å²) in [6, 6.07) is 0. The van der Waals surface area contributed by atoms with Crippen LogP contribution in [-0.2, 0) is 9.59 Å². The molecule has 0 saturated carbocycles. The quantitative estimate of drug-likeness (QED) is 0.0356. The molecule has 0 unspecified atom stereocenters. The van der Waals surface area contributed by atoms with Gasteiger partial charge >= 0.3 is 45.5 Å². The van der Waals surface area contributed by atoms with Gasteiger partial charge in [0.05, 0.1) is 0 Å². The number of allylic oxidation sites excluding steroid dienone is 4. The van der Waals surface area contributed by atoms with Crippen molar-refractivity contribution < 1.29 is 19.8 Å². The van der Waals surface area contributed by atoms with Gasteiger partial charge in [-0.1, -0.05) is 192 Å². The molecule has 0 heterocycles. The molecular weight excluding hydrogens is 680 g/mol. The van der Waals surface area contributed by atoms with E-state index in [4.69, 9.17) is 0 Å². The van der Waals surface area contributed by atoms with Crippen molar-refractivity contribution >= 4 is 57.4 Å². The van der Waals surface area contributed by atoms with Crippen molar-refractivity contribution in [2.24, 2.45) is 0 Å². The van der Waals surface area contributed by atoms with E-state index in [9.17, 15) is 19.8 Å². The number of carboxylic acids is 2. The van der Waals surface area contributed by atoms with Gasteiger partial charge in [-0.3, -0.25) is 0 Å². The van der Waals surface area contributed by atoms with Gasteiger partial charge in [-0.25, -0.2) is 0 Å². The van der Waals surface area contributed by atoms with Gasteiger partial charge in [0.1, 0.15) is 0 Å². The smallest absolute Gasteiger partial charge is 0.550 e. The Morgan fingerprint density at radius 1 is 0.327 bits per heavy atom. The number of unbranched alkanes of at least 4 members (excludes halogenated alkanes) is 30. The molecule has 49 heavy (non-hydrogen) atoms. The monoisotopic (exact) mass is 763 g/mol. The summed E-state index contributed by atoms with van der Waals surface area (Å²) in [7, 11) is 0. The van der Waals surface area contributed by atoms with E-state index in [-0.39, 0.29) is 58.3 Å². The molecule has 0 aliphatic rings. The van der Waals surface area contributed by atoms with E-state index in [0.717, 1.165) is 25.7 Å². The van der Waals surface area contributed by atoms with E-state index < -0.39 is 11.9 Å². The fourth-order valence-corrected chi connectivity index (χ4v) is 6.09. The molecule has 0 saturated heterocycles. The third kappa shape index (κ3) is 57.5. The van der Waals surface area contributed by atoms with Crippen LogP contribution in [0.25, 0.3) is 0 Å². The van der Waals surface area contributed by atoms with Crippen molar-refractivity contribution in [3.05, 3.63) is 24.3 Å². The largest absolute Gasteiger partial charge is 2.00 e. The minimum absolute atomic E-state index is 0. The molecule has 0 fully saturated rings. The number of hydrogen-bond acceptors (Lipinski definition) is 4. The molecule has 0 aromatic heterocycles. The number of carbonyl (C=O) groups excluding carboxylic acids is 2. The van der Waals surface area contributed by atoms with Gasteiger partial charge in [0.2, 0.25) is 0 Å². The van der Waals surface area contributed by atoms with E-state index in [2.05, 4.69) is 38.2 Å². The van der Waals surface area contributed by atoms with Crippen LogP contribution < -0.4 is 10.2 Å². The molecule has 0 atom stereocenters. The molecule has 0 amide bonds. The molecule has 0 bridgehead atoms. The number of aliphatic carboxylic acids is 2. The molecule has 284 valence electrons. The van der Waals surface area contributed by atoms with Crippen LogP contribution in [0.3, 0.4) is 0 Å². The first kappa shape index (κ1) is 53.3. The fourth-order valence-electron chi connectivity index (χ4n) is 6.09. The predicted molar refractivity (Wildman–Crippen MR) is 212 cm³/mol. The van der Waals surface area contributed by atoms with Gasteiger partial charge < -0.3 is 19.8 Å². The van der Waals surface area contributed by atoms with Crippen molar-refractivity contribution in [2.45, 2.75) is 245 Å². The first-order valence-electron chi connectivity index (χ1n) is 21.2. The number of hydrogen-bond donors (Lipinski definition) is 0. The fraction of sp³-hybridized carbons (Fsp3) is 0.864. The maximum atomic E-state index is 10.3. The van der Waals surface area contributed by atoms with E-state index in [1.54, 1.807) is 0 Å². The average molecular weight is 763 g/mol. The summed E-state index contributed by atoms with van der Waals surface area (Å²) in [4.78, 5) is 20.5. The SMILES string of the molecule is CCCCCCCC/C=C\CCCCCCCCCCCC(=O)[O-].CCCCCCCC/C=C\CCCCCCCCCCCC(=O)[O-].[Sr+2]. The second-order valence-electron chi connectivity index (χ2n) is 14.2. The van der Waals surface area contributed by atoms with Crippen LogP contribution >= 0.6 is 0 Å². The van der Waals surface area contributed by atoms with E-state index >= 15 is 0 Å². The van der Waals surface area contributed by atoms with Crippen LogP contribution in [-0.4, -0.2) is 57.4 Å². The van der Waals surface area contributed by atoms with Crippen molar-refractivity contribution in [3.63, 3.8) is 0 Å². The summed E-state index contributed by atoms with van der Waals surface area (Å²) in [6.07, 6.45) is 53.5. The Labute approximate surface area is 343 Å². The van der Waals surface area contributed by atoms with Crippen molar-refractivity contribution in [3.8, 4) is 0 Å². The normalized spacial score (nSPS) is 11.1. The second-order valence-corrected chi connectivity index (χ2v) is 14.2. The summed E-state index contributed by atoms with van der Waals surface area (Å²) < 4.78 is 0. The van der Waals surface area contributed by atoms with Crippen LogP contribution in [0.1, 0.15) is 245 Å². The van der Waals surface area contributed by atoms with E-state index in [0.29, 0.717) is 0 Å². The molecule has 0 aliphatic heterocycles. The van der Waals surface area contributed by atoms with Crippen LogP contribution in [0, 0.1) is 0 Å². The first-order chi connectivity index (χ1) is 23.5. The Kier molecular flexibility index (Phi) is 54.4. The van der Waals surface area contributed by atoms with E-state index in [1.165, 1.54) is 193 Å². The zero-order valence-corrected chi connectivity index (χ0v) is 36.6. The maximum absolute atomic E-state index is 10.3. The summed E-state index contributed by atoms with van der Waals surface area (Å²) >= 11 is 0. The summed E-state index contributed by atoms with van der Waals surface area (Å²) in [5.41, 5.74) is 0. The minimum atomic E-state index is -0.906. The van der Waals surface area contributed by atoms with Crippen LogP contribution in [0.4, 0.5) is 0 Å². The van der Waals surface area contributed by atoms with Crippen LogP contribution in [0.15, 0.2) is 24.3 Å². The standard InChI is InChI=1S/2C22H42O2.Sr/c2*1-2-3-4-5-6-7-8-9-10-11-12-13-14-15-16-17-18-19-20-21-22(23)24;/h2*9-10H,2-8,11-21H2,1H3,(H,23,24);/q;;+2/p-2/b2*10-9-;. The summed E-state index contributed by atoms with van der Waals surface area (Å²) in [6.45, 7) is 4.54. The van der Waals surface area contributed by atoms with Crippen molar-refractivity contribution in [1.29, 1.82) is 0 Å². The summed E-state index contributed by atoms with van der Waals surface area (Å²) in [5.74, 6) is -1.81. The second kappa shape index (κ2) is 50.0. The predicted octanol–water partition coefficient (Wildman–Crippen LogP) is 12.3. The Balaban J connectivity index is -0.000000846. The Morgan fingerprint density at radius 2 is 0.510 bits per heavy atom. The van der Waals surface area contributed by atoms with Gasteiger partial charge in [-0.05, 0) is 77.0 Å². The molecule has 0 radical (unpaired) electrons. The minimum Gasteiger partial charge on any atom is -0.550 e. The molecule has 0 aromatic carbocycles.